The highest BCUT2D eigenvalue weighted by Gasteiger charge is 2.22. The van der Waals surface area contributed by atoms with Crippen molar-refractivity contribution in [1.82, 2.24) is 0 Å². The van der Waals surface area contributed by atoms with E-state index in [4.69, 9.17) is 15.3 Å². The highest BCUT2D eigenvalue weighted by atomic mass is 16.5. The first-order valence-electron chi connectivity index (χ1n) is 5.10. The Morgan fingerprint density at radius 3 is 2.71 bits per heavy atom. The first-order valence-corrected chi connectivity index (χ1v) is 5.10. The zero-order chi connectivity index (χ0) is 13.0. The maximum atomic E-state index is 11.4. The van der Waals surface area contributed by atoms with Crippen LogP contribution in [0.4, 0.5) is 0 Å². The largest absolute Gasteiger partial charge is 0.481 e. The minimum atomic E-state index is -0.964. The zero-order valence-corrected chi connectivity index (χ0v) is 9.73. The number of aliphatic carboxylic acids is 1. The lowest BCUT2D eigenvalue weighted by atomic mass is 10.0. The van der Waals surface area contributed by atoms with Crippen LogP contribution in [-0.2, 0) is 9.53 Å². The lowest BCUT2D eigenvalue weighted by Crippen LogP contribution is -2.15. The van der Waals surface area contributed by atoms with Gasteiger partial charge in [0.25, 0.3) is 0 Å². The molecule has 1 atom stereocenters. The molecule has 0 aliphatic heterocycles. The van der Waals surface area contributed by atoms with Crippen LogP contribution >= 0.6 is 0 Å². The third-order valence-corrected chi connectivity index (χ3v) is 2.45. The minimum absolute atomic E-state index is 0.135. The van der Waals surface area contributed by atoms with E-state index in [2.05, 4.69) is 4.74 Å². The summed E-state index contributed by atoms with van der Waals surface area (Å²) in [7, 11) is 1.27. The van der Waals surface area contributed by atoms with Crippen LogP contribution in [0.15, 0.2) is 10.5 Å². The molecular weight excluding hydrogens is 226 g/mol. The maximum absolute atomic E-state index is 11.4. The second-order valence-electron chi connectivity index (χ2n) is 3.64. The number of carbonyl (C=O) groups is 2. The fourth-order valence-corrected chi connectivity index (χ4v) is 1.53. The first kappa shape index (κ1) is 13.2. The molecule has 0 radical (unpaired) electrons. The number of ether oxygens (including phenoxy) is 1. The zero-order valence-electron chi connectivity index (χ0n) is 9.73. The van der Waals surface area contributed by atoms with Gasteiger partial charge in [0.1, 0.15) is 17.1 Å². The lowest BCUT2D eigenvalue weighted by molar-refractivity contribution is -0.137. The molecular formula is C11H15NO5. The van der Waals surface area contributed by atoms with Gasteiger partial charge in [0.05, 0.1) is 13.5 Å². The summed E-state index contributed by atoms with van der Waals surface area (Å²) in [5.41, 5.74) is 5.78. The number of carboxylic acids is 1. The fraction of sp³-hybridized carbons (Fsp3) is 0.455. The summed E-state index contributed by atoms with van der Waals surface area (Å²) in [6.07, 6.45) is -0.135. The van der Waals surface area contributed by atoms with Crippen LogP contribution in [-0.4, -0.2) is 30.7 Å². The van der Waals surface area contributed by atoms with Gasteiger partial charge in [-0.25, -0.2) is 4.79 Å². The molecule has 1 heterocycles. The molecule has 3 N–H and O–H groups in total. The molecule has 1 aromatic heterocycles. The van der Waals surface area contributed by atoms with Crippen molar-refractivity contribution < 1.29 is 23.8 Å². The van der Waals surface area contributed by atoms with E-state index in [1.54, 1.807) is 6.92 Å². The molecule has 0 aromatic carbocycles. The molecule has 94 valence electrons. The van der Waals surface area contributed by atoms with E-state index in [0.29, 0.717) is 17.1 Å². The third-order valence-electron chi connectivity index (χ3n) is 2.45. The van der Waals surface area contributed by atoms with E-state index >= 15 is 0 Å². The van der Waals surface area contributed by atoms with E-state index in [1.807, 2.05) is 0 Å². The van der Waals surface area contributed by atoms with E-state index in [1.165, 1.54) is 13.2 Å². The normalized spacial score (nSPS) is 12.2. The van der Waals surface area contributed by atoms with E-state index in [9.17, 15) is 9.59 Å². The smallest absolute Gasteiger partial charge is 0.341 e. The number of carboxylic acid groups (broad SMARTS) is 1. The van der Waals surface area contributed by atoms with Crippen molar-refractivity contribution in [3.05, 3.63) is 23.2 Å². The van der Waals surface area contributed by atoms with Crippen LogP contribution in [0.1, 0.15) is 34.2 Å². The Hall–Kier alpha value is -1.82. The second kappa shape index (κ2) is 5.49. The van der Waals surface area contributed by atoms with Crippen molar-refractivity contribution in [1.29, 1.82) is 0 Å². The Labute approximate surface area is 98.4 Å². The highest BCUT2D eigenvalue weighted by molar-refractivity contribution is 5.90. The summed E-state index contributed by atoms with van der Waals surface area (Å²) in [5, 5.41) is 8.72. The van der Waals surface area contributed by atoms with E-state index < -0.39 is 17.9 Å². The number of esters is 1. The van der Waals surface area contributed by atoms with Gasteiger partial charge in [-0.3, -0.25) is 4.79 Å². The lowest BCUT2D eigenvalue weighted by Gasteiger charge is -2.07. The SMILES string of the molecule is COC(=O)c1cc(C(CN)CC(=O)O)oc1C. The minimum Gasteiger partial charge on any atom is -0.481 e. The molecule has 6 nitrogen and oxygen atoms in total. The number of aryl methyl sites for hydroxylation is 1. The van der Waals surface area contributed by atoms with Crippen molar-refractivity contribution in [2.45, 2.75) is 19.3 Å². The average Bonchev–Trinajstić information content (AvgIpc) is 2.66. The number of hydrogen-bond acceptors (Lipinski definition) is 5. The number of nitrogens with two attached hydrogens (primary N) is 1. The monoisotopic (exact) mass is 241 g/mol. The number of hydrogen-bond donors (Lipinski definition) is 2. The highest BCUT2D eigenvalue weighted by Crippen LogP contribution is 2.24. The van der Waals surface area contributed by atoms with Gasteiger partial charge in [-0.05, 0) is 13.0 Å². The van der Waals surface area contributed by atoms with Gasteiger partial charge in [-0.1, -0.05) is 0 Å². The molecule has 6 heteroatoms. The number of furan rings is 1. The Morgan fingerprint density at radius 2 is 2.24 bits per heavy atom. The topological polar surface area (TPSA) is 103 Å². The molecule has 0 amide bonds. The average molecular weight is 241 g/mol. The van der Waals surface area contributed by atoms with Crippen LogP contribution < -0.4 is 5.73 Å². The summed E-state index contributed by atoms with van der Waals surface area (Å²) in [4.78, 5) is 22.0. The first-order chi connectivity index (χ1) is 7.99. The maximum Gasteiger partial charge on any atom is 0.341 e. The molecule has 0 saturated heterocycles. The molecule has 0 aliphatic rings. The molecule has 0 aliphatic carbocycles. The van der Waals surface area contributed by atoms with Crippen molar-refractivity contribution in [3.63, 3.8) is 0 Å². The Bertz CT molecular complexity index is 423. The van der Waals surface area contributed by atoms with Crippen LogP contribution in [0.3, 0.4) is 0 Å². The quantitative estimate of drug-likeness (QED) is 0.742. The summed E-state index contributed by atoms with van der Waals surface area (Å²) < 4.78 is 9.93. The van der Waals surface area contributed by atoms with Crippen LogP contribution in [0.25, 0.3) is 0 Å². The van der Waals surface area contributed by atoms with Crippen LogP contribution in [0, 0.1) is 6.92 Å². The fourth-order valence-electron chi connectivity index (χ4n) is 1.53. The predicted octanol–water partition coefficient (Wildman–Crippen LogP) is 0.892. The van der Waals surface area contributed by atoms with E-state index in [-0.39, 0.29) is 13.0 Å². The summed E-state index contributed by atoms with van der Waals surface area (Å²) >= 11 is 0. The Balaban J connectivity index is 2.98. The molecule has 1 unspecified atom stereocenters. The number of methoxy groups -OCH3 is 1. The Morgan fingerprint density at radius 1 is 1.59 bits per heavy atom. The molecule has 1 rings (SSSR count). The molecule has 0 bridgehead atoms. The summed E-state index contributed by atoms with van der Waals surface area (Å²) in [5.74, 6) is -1.12. The standard InChI is InChI=1S/C11H15NO5/c1-6-8(11(15)16-2)4-9(17-6)7(5-12)3-10(13)14/h4,7H,3,5,12H2,1-2H3,(H,13,14). The van der Waals surface area contributed by atoms with Crippen molar-refractivity contribution in [2.75, 3.05) is 13.7 Å². The summed E-state index contributed by atoms with van der Waals surface area (Å²) in [6.45, 7) is 1.75. The third kappa shape index (κ3) is 3.07. The van der Waals surface area contributed by atoms with Crippen molar-refractivity contribution in [2.24, 2.45) is 5.73 Å². The number of rotatable bonds is 5. The Kier molecular flexibility index (Phi) is 4.28. The van der Waals surface area contributed by atoms with Gasteiger partial charge in [-0.15, -0.1) is 0 Å². The van der Waals surface area contributed by atoms with Crippen molar-refractivity contribution in [3.8, 4) is 0 Å². The van der Waals surface area contributed by atoms with Gasteiger partial charge >= 0.3 is 11.9 Å². The van der Waals surface area contributed by atoms with Crippen LogP contribution in [0.5, 0.6) is 0 Å². The second-order valence-corrected chi connectivity index (χ2v) is 3.64. The van der Waals surface area contributed by atoms with Gasteiger partial charge in [0.15, 0.2) is 0 Å². The van der Waals surface area contributed by atoms with Gasteiger partial charge < -0.3 is 20.0 Å². The summed E-state index contributed by atoms with van der Waals surface area (Å²) in [6, 6.07) is 1.49. The molecule has 0 fully saturated rings. The number of carbonyl (C=O) groups excluding carboxylic acids is 1. The van der Waals surface area contributed by atoms with Gasteiger partial charge in [-0.2, -0.15) is 0 Å². The molecule has 0 saturated carbocycles. The molecule has 17 heavy (non-hydrogen) atoms. The molecule has 0 spiro atoms. The van der Waals surface area contributed by atoms with Crippen molar-refractivity contribution >= 4 is 11.9 Å². The molecule has 1 aromatic rings. The van der Waals surface area contributed by atoms with Gasteiger partial charge in [0.2, 0.25) is 0 Å². The van der Waals surface area contributed by atoms with E-state index in [0.717, 1.165) is 0 Å². The van der Waals surface area contributed by atoms with Gasteiger partial charge in [0, 0.05) is 12.5 Å². The predicted molar refractivity (Wildman–Crippen MR) is 58.8 cm³/mol. The van der Waals surface area contributed by atoms with Crippen LogP contribution in [0.2, 0.25) is 0 Å².